The molecule has 0 N–H and O–H groups in total. The first-order valence-electron chi connectivity index (χ1n) is 13.1. The van der Waals surface area contributed by atoms with Crippen LogP contribution < -0.4 is 9.47 Å². The Bertz CT molecular complexity index is 914. The largest absolute Gasteiger partial charge is 0.467 e. The van der Waals surface area contributed by atoms with Crippen LogP contribution in [0.3, 0.4) is 0 Å². The Morgan fingerprint density at radius 1 is 0.857 bits per heavy atom. The Morgan fingerprint density at radius 3 is 1.97 bits per heavy atom. The van der Waals surface area contributed by atoms with Crippen molar-refractivity contribution >= 4 is 5.57 Å². The third kappa shape index (κ3) is 8.40. The number of allylic oxidation sites excluding steroid dienone is 1. The van der Waals surface area contributed by atoms with E-state index in [1.165, 1.54) is 31.2 Å². The fraction of sp³-hybridized carbons (Fsp3) is 0.548. The molecule has 2 aromatic carbocycles. The van der Waals surface area contributed by atoms with Crippen LogP contribution in [0, 0.1) is 6.92 Å². The van der Waals surface area contributed by atoms with E-state index in [-0.39, 0.29) is 19.0 Å². The number of benzene rings is 2. The standard InChI is InChI=1S/C31H46O4/c1-9-12-13-14-17-31(7,8)25-19-28(34-21-32-10-2)30(29(20-25)35-22-33-11-3)27-18-24(6)15-16-26(27)23(4)5/h15-16,18-20H,4,9-14,17,21-22H2,1-3,5-8H3. The molecular weight excluding hydrogens is 436 g/mol. The predicted octanol–water partition coefficient (Wildman–Crippen LogP) is 8.69. The van der Waals surface area contributed by atoms with Crippen molar-refractivity contribution in [1.29, 1.82) is 0 Å². The van der Waals surface area contributed by atoms with Gasteiger partial charge in [0, 0.05) is 13.2 Å². The lowest BCUT2D eigenvalue weighted by Gasteiger charge is -2.28. The first-order valence-corrected chi connectivity index (χ1v) is 13.1. The molecule has 0 radical (unpaired) electrons. The minimum absolute atomic E-state index is 0.0243. The smallest absolute Gasteiger partial charge is 0.189 e. The van der Waals surface area contributed by atoms with Gasteiger partial charge < -0.3 is 18.9 Å². The summed E-state index contributed by atoms with van der Waals surface area (Å²) in [6.45, 7) is 20.7. The number of rotatable bonds is 16. The minimum Gasteiger partial charge on any atom is -0.467 e. The molecule has 35 heavy (non-hydrogen) atoms. The second-order valence-corrected chi connectivity index (χ2v) is 9.88. The highest BCUT2D eigenvalue weighted by atomic mass is 16.7. The molecule has 0 saturated heterocycles. The molecule has 0 aliphatic heterocycles. The first kappa shape index (κ1) is 28.9. The summed E-state index contributed by atoms with van der Waals surface area (Å²) in [5.41, 5.74) is 6.36. The third-order valence-electron chi connectivity index (χ3n) is 6.41. The van der Waals surface area contributed by atoms with Gasteiger partial charge in [-0.25, -0.2) is 0 Å². The van der Waals surface area contributed by atoms with Gasteiger partial charge in [-0.05, 0) is 68.4 Å². The molecule has 2 rings (SSSR count). The van der Waals surface area contributed by atoms with E-state index in [2.05, 4.69) is 64.6 Å². The lowest BCUT2D eigenvalue weighted by atomic mass is 9.78. The Hall–Kier alpha value is -2.30. The zero-order chi connectivity index (χ0) is 25.8. The van der Waals surface area contributed by atoms with E-state index < -0.39 is 0 Å². The van der Waals surface area contributed by atoms with Gasteiger partial charge in [-0.1, -0.05) is 82.4 Å². The summed E-state index contributed by atoms with van der Waals surface area (Å²) in [6, 6.07) is 10.8. The molecule has 0 heterocycles. The van der Waals surface area contributed by atoms with Crippen molar-refractivity contribution in [2.75, 3.05) is 26.8 Å². The number of ether oxygens (including phenoxy) is 4. The van der Waals surface area contributed by atoms with Gasteiger partial charge in [-0.15, -0.1) is 0 Å². The SMILES string of the molecule is C=C(C)c1ccc(C)cc1-c1c(OCOCC)cc(C(C)(C)CCCCCC)cc1OCOCC. The highest BCUT2D eigenvalue weighted by Gasteiger charge is 2.26. The second-order valence-electron chi connectivity index (χ2n) is 9.88. The Labute approximate surface area is 213 Å². The van der Waals surface area contributed by atoms with E-state index in [1.807, 2.05) is 20.8 Å². The van der Waals surface area contributed by atoms with Crippen LogP contribution in [-0.4, -0.2) is 26.8 Å². The molecule has 0 atom stereocenters. The Balaban J connectivity index is 2.67. The molecule has 0 fully saturated rings. The van der Waals surface area contributed by atoms with E-state index in [4.69, 9.17) is 18.9 Å². The number of unbranched alkanes of at least 4 members (excludes halogenated alkanes) is 3. The molecule has 0 spiro atoms. The van der Waals surface area contributed by atoms with E-state index in [0.29, 0.717) is 13.2 Å². The predicted molar refractivity (Wildman–Crippen MR) is 147 cm³/mol. The van der Waals surface area contributed by atoms with Gasteiger partial charge in [0.2, 0.25) is 0 Å². The fourth-order valence-corrected chi connectivity index (χ4v) is 4.23. The summed E-state index contributed by atoms with van der Waals surface area (Å²) in [6.07, 6.45) is 6.07. The summed E-state index contributed by atoms with van der Waals surface area (Å²) >= 11 is 0. The minimum atomic E-state index is -0.0243. The number of hydrogen-bond donors (Lipinski definition) is 0. The molecule has 0 amide bonds. The van der Waals surface area contributed by atoms with Crippen molar-refractivity contribution in [3.05, 3.63) is 53.6 Å². The van der Waals surface area contributed by atoms with Crippen LogP contribution in [0.2, 0.25) is 0 Å². The normalized spacial score (nSPS) is 11.5. The number of hydrogen-bond acceptors (Lipinski definition) is 4. The monoisotopic (exact) mass is 482 g/mol. The van der Waals surface area contributed by atoms with Crippen molar-refractivity contribution in [1.82, 2.24) is 0 Å². The van der Waals surface area contributed by atoms with Crippen LogP contribution in [-0.2, 0) is 14.9 Å². The molecule has 0 bridgehead atoms. The van der Waals surface area contributed by atoms with Crippen LogP contribution in [0.15, 0.2) is 36.9 Å². The average Bonchev–Trinajstić information content (AvgIpc) is 2.81. The molecule has 4 heteroatoms. The summed E-state index contributed by atoms with van der Waals surface area (Å²) in [5, 5.41) is 0. The van der Waals surface area contributed by atoms with Crippen LogP contribution in [0.5, 0.6) is 11.5 Å². The molecule has 194 valence electrons. The average molecular weight is 483 g/mol. The van der Waals surface area contributed by atoms with Gasteiger partial charge in [0.05, 0.1) is 5.56 Å². The van der Waals surface area contributed by atoms with Gasteiger partial charge in [0.15, 0.2) is 13.6 Å². The van der Waals surface area contributed by atoms with Gasteiger partial charge in [-0.2, -0.15) is 0 Å². The molecule has 0 saturated carbocycles. The van der Waals surface area contributed by atoms with E-state index >= 15 is 0 Å². The quantitative estimate of drug-likeness (QED) is 0.177. The zero-order valence-electron chi connectivity index (χ0n) is 23.1. The molecule has 0 unspecified atom stereocenters. The van der Waals surface area contributed by atoms with Crippen LogP contribution in [0.1, 0.15) is 90.3 Å². The van der Waals surface area contributed by atoms with E-state index in [0.717, 1.165) is 45.7 Å². The summed E-state index contributed by atoms with van der Waals surface area (Å²) in [5.74, 6) is 1.52. The Kier molecular flexibility index (Phi) is 11.8. The van der Waals surface area contributed by atoms with Gasteiger partial charge >= 0.3 is 0 Å². The van der Waals surface area contributed by atoms with Crippen LogP contribution >= 0.6 is 0 Å². The van der Waals surface area contributed by atoms with Crippen LogP contribution in [0.25, 0.3) is 16.7 Å². The topological polar surface area (TPSA) is 36.9 Å². The summed E-state index contributed by atoms with van der Waals surface area (Å²) < 4.78 is 23.7. The zero-order valence-corrected chi connectivity index (χ0v) is 23.1. The maximum Gasteiger partial charge on any atom is 0.189 e. The van der Waals surface area contributed by atoms with Crippen molar-refractivity contribution in [3.8, 4) is 22.6 Å². The first-order chi connectivity index (χ1) is 16.7. The van der Waals surface area contributed by atoms with Crippen LogP contribution in [0.4, 0.5) is 0 Å². The fourth-order valence-electron chi connectivity index (χ4n) is 4.23. The van der Waals surface area contributed by atoms with Crippen molar-refractivity contribution < 1.29 is 18.9 Å². The number of aryl methyl sites for hydroxylation is 1. The van der Waals surface area contributed by atoms with Crippen molar-refractivity contribution in [2.45, 2.75) is 86.0 Å². The molecular formula is C31H46O4. The maximum absolute atomic E-state index is 6.26. The Morgan fingerprint density at radius 2 is 1.46 bits per heavy atom. The molecule has 4 nitrogen and oxygen atoms in total. The van der Waals surface area contributed by atoms with Gasteiger partial charge in [0.25, 0.3) is 0 Å². The highest BCUT2D eigenvalue weighted by Crippen LogP contribution is 2.46. The molecule has 0 aliphatic carbocycles. The summed E-state index contributed by atoms with van der Waals surface area (Å²) in [7, 11) is 0. The second kappa shape index (κ2) is 14.3. The molecule has 0 aliphatic rings. The van der Waals surface area contributed by atoms with Crippen molar-refractivity contribution in [2.24, 2.45) is 0 Å². The van der Waals surface area contributed by atoms with Gasteiger partial charge in [0.1, 0.15) is 11.5 Å². The lowest BCUT2D eigenvalue weighted by molar-refractivity contribution is 0.0187. The highest BCUT2D eigenvalue weighted by molar-refractivity contribution is 5.87. The third-order valence-corrected chi connectivity index (χ3v) is 6.41. The summed E-state index contributed by atoms with van der Waals surface area (Å²) in [4.78, 5) is 0. The van der Waals surface area contributed by atoms with E-state index in [9.17, 15) is 0 Å². The van der Waals surface area contributed by atoms with Gasteiger partial charge in [-0.3, -0.25) is 0 Å². The molecule has 0 aromatic heterocycles. The molecule has 2 aromatic rings. The lowest BCUT2D eigenvalue weighted by Crippen LogP contribution is -2.18. The van der Waals surface area contributed by atoms with Crippen molar-refractivity contribution in [3.63, 3.8) is 0 Å². The van der Waals surface area contributed by atoms with E-state index in [1.54, 1.807) is 0 Å². The maximum atomic E-state index is 6.26.